The second-order valence-electron chi connectivity index (χ2n) is 5.53. The van der Waals surface area contributed by atoms with E-state index in [1.54, 1.807) is 0 Å². The largest absolute Gasteiger partial charge is 0.386 e. The van der Waals surface area contributed by atoms with Gasteiger partial charge in [-0.1, -0.05) is 63.8 Å². The number of aryl methyl sites for hydroxylation is 1. The highest BCUT2D eigenvalue weighted by Crippen LogP contribution is 2.20. The molecule has 0 spiro atoms. The van der Waals surface area contributed by atoms with Crippen molar-refractivity contribution in [1.29, 1.82) is 0 Å². The molecule has 2 unspecified atom stereocenters. The molecule has 0 aliphatic carbocycles. The van der Waals surface area contributed by atoms with E-state index in [9.17, 15) is 5.11 Å². The SMILES string of the molecule is CCCCCCCOC(C)C(O)c1ccc(CC)cc1. The van der Waals surface area contributed by atoms with E-state index in [2.05, 4.69) is 26.0 Å². The Hall–Kier alpha value is -0.860. The first-order valence-corrected chi connectivity index (χ1v) is 8.07. The number of aliphatic hydroxyl groups excluding tert-OH is 1. The third-order valence-electron chi connectivity index (χ3n) is 3.80. The van der Waals surface area contributed by atoms with E-state index in [-0.39, 0.29) is 6.10 Å². The lowest BCUT2D eigenvalue weighted by Gasteiger charge is -2.20. The van der Waals surface area contributed by atoms with Crippen LogP contribution in [0.3, 0.4) is 0 Å². The van der Waals surface area contributed by atoms with E-state index < -0.39 is 6.10 Å². The average Bonchev–Trinajstić information content (AvgIpc) is 2.50. The lowest BCUT2D eigenvalue weighted by Crippen LogP contribution is -2.19. The van der Waals surface area contributed by atoms with Crippen molar-refractivity contribution >= 4 is 0 Å². The standard InChI is InChI=1S/C18H30O2/c1-4-6-7-8-9-14-20-15(3)18(19)17-12-10-16(5-2)11-13-17/h10-13,15,18-19H,4-9,14H2,1-3H3. The van der Waals surface area contributed by atoms with Crippen LogP contribution in [0.15, 0.2) is 24.3 Å². The quantitative estimate of drug-likeness (QED) is 0.631. The maximum atomic E-state index is 10.3. The summed E-state index contributed by atoms with van der Waals surface area (Å²) in [4.78, 5) is 0. The second-order valence-corrected chi connectivity index (χ2v) is 5.53. The predicted molar refractivity (Wildman–Crippen MR) is 85.0 cm³/mol. The highest BCUT2D eigenvalue weighted by molar-refractivity contribution is 5.24. The van der Waals surface area contributed by atoms with Crippen molar-refractivity contribution in [1.82, 2.24) is 0 Å². The number of ether oxygens (including phenoxy) is 1. The zero-order valence-corrected chi connectivity index (χ0v) is 13.3. The molecule has 0 aliphatic rings. The van der Waals surface area contributed by atoms with Crippen LogP contribution in [0.4, 0.5) is 0 Å². The van der Waals surface area contributed by atoms with E-state index in [0.717, 1.165) is 25.0 Å². The molecule has 0 heterocycles. The Balaban J connectivity index is 2.28. The fourth-order valence-electron chi connectivity index (χ4n) is 2.29. The van der Waals surface area contributed by atoms with Gasteiger partial charge in [-0.05, 0) is 30.9 Å². The number of aliphatic hydroxyl groups is 1. The molecule has 1 rings (SSSR count). The molecule has 2 nitrogen and oxygen atoms in total. The predicted octanol–water partition coefficient (Wildman–Crippen LogP) is 4.66. The first-order chi connectivity index (χ1) is 9.69. The third kappa shape index (κ3) is 6.06. The molecule has 2 heteroatoms. The van der Waals surface area contributed by atoms with Crippen LogP contribution in [0.5, 0.6) is 0 Å². The van der Waals surface area contributed by atoms with Crippen molar-refractivity contribution in [3.8, 4) is 0 Å². The topological polar surface area (TPSA) is 29.5 Å². The van der Waals surface area contributed by atoms with Crippen LogP contribution in [0.1, 0.15) is 70.1 Å². The molecule has 20 heavy (non-hydrogen) atoms. The zero-order valence-electron chi connectivity index (χ0n) is 13.3. The van der Waals surface area contributed by atoms with Crippen molar-refractivity contribution in [2.24, 2.45) is 0 Å². The van der Waals surface area contributed by atoms with E-state index in [4.69, 9.17) is 4.74 Å². The molecule has 1 N–H and O–H groups in total. The van der Waals surface area contributed by atoms with Crippen LogP contribution in [0.2, 0.25) is 0 Å². The first-order valence-electron chi connectivity index (χ1n) is 8.07. The summed E-state index contributed by atoms with van der Waals surface area (Å²) in [5, 5.41) is 10.3. The number of benzene rings is 1. The fourth-order valence-corrected chi connectivity index (χ4v) is 2.29. The van der Waals surface area contributed by atoms with Crippen molar-refractivity contribution in [2.45, 2.75) is 71.5 Å². The van der Waals surface area contributed by atoms with E-state index >= 15 is 0 Å². The number of hydrogen-bond acceptors (Lipinski definition) is 2. The molecular formula is C18H30O2. The Kier molecular flexibility index (Phi) is 8.56. The van der Waals surface area contributed by atoms with Gasteiger partial charge in [0.25, 0.3) is 0 Å². The Morgan fingerprint density at radius 1 is 1.00 bits per heavy atom. The van der Waals surface area contributed by atoms with Gasteiger partial charge in [0.05, 0.1) is 6.10 Å². The van der Waals surface area contributed by atoms with Gasteiger partial charge in [0, 0.05) is 6.61 Å². The summed E-state index contributed by atoms with van der Waals surface area (Å²) in [6.07, 6.45) is 6.53. The summed E-state index contributed by atoms with van der Waals surface area (Å²) >= 11 is 0. The highest BCUT2D eigenvalue weighted by atomic mass is 16.5. The minimum atomic E-state index is -0.531. The molecule has 0 amide bonds. The van der Waals surface area contributed by atoms with Gasteiger partial charge >= 0.3 is 0 Å². The van der Waals surface area contributed by atoms with Gasteiger partial charge in [0.15, 0.2) is 0 Å². The number of unbranched alkanes of at least 4 members (excludes halogenated alkanes) is 4. The summed E-state index contributed by atoms with van der Waals surface area (Å²) < 4.78 is 5.74. The van der Waals surface area contributed by atoms with E-state index in [1.807, 2.05) is 19.1 Å². The molecule has 0 saturated carbocycles. The van der Waals surface area contributed by atoms with Crippen molar-refractivity contribution < 1.29 is 9.84 Å². The van der Waals surface area contributed by atoms with E-state index in [1.165, 1.54) is 31.2 Å². The summed E-state index contributed by atoms with van der Waals surface area (Å²) in [6.45, 7) is 7.05. The number of hydrogen-bond donors (Lipinski definition) is 1. The van der Waals surface area contributed by atoms with E-state index in [0.29, 0.717) is 0 Å². The van der Waals surface area contributed by atoms with Gasteiger partial charge in [0.1, 0.15) is 6.10 Å². The Morgan fingerprint density at radius 3 is 2.25 bits per heavy atom. The van der Waals surface area contributed by atoms with Crippen molar-refractivity contribution in [3.63, 3.8) is 0 Å². The van der Waals surface area contributed by atoms with Gasteiger partial charge < -0.3 is 9.84 Å². The maximum Gasteiger partial charge on any atom is 0.105 e. The van der Waals surface area contributed by atoms with Crippen LogP contribution >= 0.6 is 0 Å². The Labute approximate surface area is 124 Å². The third-order valence-corrected chi connectivity index (χ3v) is 3.80. The second kappa shape index (κ2) is 9.95. The molecule has 114 valence electrons. The minimum absolute atomic E-state index is 0.145. The van der Waals surface area contributed by atoms with Crippen LogP contribution in [-0.2, 0) is 11.2 Å². The maximum absolute atomic E-state index is 10.3. The number of rotatable bonds is 10. The van der Waals surface area contributed by atoms with Crippen LogP contribution < -0.4 is 0 Å². The van der Waals surface area contributed by atoms with Crippen molar-refractivity contribution in [3.05, 3.63) is 35.4 Å². The molecule has 0 radical (unpaired) electrons. The molecule has 0 saturated heterocycles. The molecule has 0 bridgehead atoms. The van der Waals surface area contributed by atoms with Gasteiger partial charge in [0.2, 0.25) is 0 Å². The summed E-state index contributed by atoms with van der Waals surface area (Å²) in [6, 6.07) is 8.17. The van der Waals surface area contributed by atoms with Gasteiger partial charge in [-0.3, -0.25) is 0 Å². The average molecular weight is 278 g/mol. The first kappa shape index (κ1) is 17.2. The highest BCUT2D eigenvalue weighted by Gasteiger charge is 2.16. The van der Waals surface area contributed by atoms with Crippen LogP contribution in [-0.4, -0.2) is 17.8 Å². The van der Waals surface area contributed by atoms with Crippen LogP contribution in [0, 0.1) is 0 Å². The smallest absolute Gasteiger partial charge is 0.105 e. The summed E-state index contributed by atoms with van der Waals surface area (Å²) in [5.74, 6) is 0. The minimum Gasteiger partial charge on any atom is -0.386 e. The summed E-state index contributed by atoms with van der Waals surface area (Å²) in [5.41, 5.74) is 2.24. The van der Waals surface area contributed by atoms with Gasteiger partial charge in [-0.2, -0.15) is 0 Å². The van der Waals surface area contributed by atoms with Gasteiger partial charge in [-0.15, -0.1) is 0 Å². The molecule has 1 aromatic rings. The fraction of sp³-hybridized carbons (Fsp3) is 0.667. The molecule has 0 fully saturated rings. The molecule has 2 atom stereocenters. The molecular weight excluding hydrogens is 248 g/mol. The normalized spacial score (nSPS) is 14.2. The monoisotopic (exact) mass is 278 g/mol. The van der Waals surface area contributed by atoms with Crippen LogP contribution in [0.25, 0.3) is 0 Å². The molecule has 0 aliphatic heterocycles. The lowest BCUT2D eigenvalue weighted by molar-refractivity contribution is -0.0291. The summed E-state index contributed by atoms with van der Waals surface area (Å²) in [7, 11) is 0. The zero-order chi connectivity index (χ0) is 14.8. The molecule has 1 aromatic carbocycles. The van der Waals surface area contributed by atoms with Crippen molar-refractivity contribution in [2.75, 3.05) is 6.61 Å². The lowest BCUT2D eigenvalue weighted by atomic mass is 10.0. The van der Waals surface area contributed by atoms with Gasteiger partial charge in [-0.25, -0.2) is 0 Å². The molecule has 0 aromatic heterocycles. The Morgan fingerprint density at radius 2 is 1.65 bits per heavy atom. The Bertz CT molecular complexity index is 345.